The zero-order valence-corrected chi connectivity index (χ0v) is 9.22. The Morgan fingerprint density at radius 2 is 1.89 bits per heavy atom. The van der Waals surface area contributed by atoms with Crippen molar-refractivity contribution in [3.63, 3.8) is 0 Å². The van der Waals surface area contributed by atoms with Gasteiger partial charge in [0.05, 0.1) is 17.3 Å². The molecule has 0 saturated heterocycles. The van der Waals surface area contributed by atoms with Gasteiger partial charge in [-0.3, -0.25) is 9.97 Å². The fraction of sp³-hybridized carbons (Fsp3) is 0.167. The highest BCUT2D eigenvalue weighted by Gasteiger charge is 2.30. The summed E-state index contributed by atoms with van der Waals surface area (Å²) in [5.41, 5.74) is 6.17. The maximum atomic E-state index is 12.4. The average molecular weight is 253 g/mol. The lowest BCUT2D eigenvalue weighted by Crippen LogP contribution is -2.14. The molecule has 2 heterocycles. The molecule has 0 aromatic carbocycles. The normalized spacial score (nSPS) is 13.3. The van der Waals surface area contributed by atoms with Crippen molar-refractivity contribution in [1.29, 1.82) is 0 Å². The lowest BCUT2D eigenvalue weighted by Gasteiger charge is -2.12. The third-order valence-electron chi connectivity index (χ3n) is 2.48. The van der Waals surface area contributed by atoms with Gasteiger partial charge in [0.25, 0.3) is 0 Å². The molecule has 2 N–H and O–H groups in total. The molecule has 0 aliphatic rings. The van der Waals surface area contributed by atoms with Gasteiger partial charge in [-0.25, -0.2) is 0 Å². The molecule has 3 nitrogen and oxygen atoms in total. The lowest BCUT2D eigenvalue weighted by molar-refractivity contribution is -0.137. The van der Waals surface area contributed by atoms with Crippen LogP contribution in [0.3, 0.4) is 0 Å². The summed E-state index contributed by atoms with van der Waals surface area (Å²) in [7, 11) is 0. The zero-order valence-electron chi connectivity index (χ0n) is 9.22. The molecule has 0 amide bonds. The van der Waals surface area contributed by atoms with Crippen molar-refractivity contribution in [2.24, 2.45) is 5.73 Å². The SMILES string of the molecule is NC(c1cccnc1)c1ccc(C(F)(F)F)cn1. The summed E-state index contributed by atoms with van der Waals surface area (Å²) < 4.78 is 37.1. The summed E-state index contributed by atoms with van der Waals surface area (Å²) in [5.74, 6) is 0. The first-order valence-electron chi connectivity index (χ1n) is 5.17. The average Bonchev–Trinajstić information content (AvgIpc) is 2.38. The molecule has 18 heavy (non-hydrogen) atoms. The highest BCUT2D eigenvalue weighted by atomic mass is 19.4. The van der Waals surface area contributed by atoms with Gasteiger partial charge < -0.3 is 5.73 Å². The van der Waals surface area contributed by atoms with Crippen molar-refractivity contribution in [1.82, 2.24) is 9.97 Å². The molecular weight excluding hydrogens is 243 g/mol. The number of aromatic nitrogens is 2. The Kier molecular flexibility index (Phi) is 3.29. The maximum Gasteiger partial charge on any atom is 0.417 e. The molecule has 2 rings (SSSR count). The second-order valence-corrected chi connectivity index (χ2v) is 3.73. The standard InChI is InChI=1S/C12H10F3N3/c13-12(14,15)9-3-4-10(18-7-9)11(16)8-2-1-5-17-6-8/h1-7,11H,16H2. The predicted octanol–water partition coefficient (Wildman–Crippen LogP) is 2.54. The van der Waals surface area contributed by atoms with Crippen LogP contribution in [-0.2, 0) is 6.18 Å². The Hall–Kier alpha value is -1.95. The number of nitrogens with zero attached hydrogens (tertiary/aromatic N) is 2. The summed E-state index contributed by atoms with van der Waals surface area (Å²) >= 11 is 0. The molecule has 0 fully saturated rings. The molecule has 0 saturated carbocycles. The molecular formula is C12H10F3N3. The highest BCUT2D eigenvalue weighted by Crippen LogP contribution is 2.29. The number of nitrogens with two attached hydrogens (primary N) is 1. The molecule has 2 aromatic heterocycles. The van der Waals surface area contributed by atoms with E-state index in [1.165, 1.54) is 6.07 Å². The first-order chi connectivity index (χ1) is 8.48. The molecule has 0 aliphatic carbocycles. The number of pyridine rings is 2. The van der Waals surface area contributed by atoms with Crippen LogP contribution >= 0.6 is 0 Å². The van der Waals surface area contributed by atoms with Gasteiger partial charge >= 0.3 is 6.18 Å². The zero-order chi connectivity index (χ0) is 13.2. The Morgan fingerprint density at radius 3 is 2.39 bits per heavy atom. The van der Waals surface area contributed by atoms with Crippen molar-refractivity contribution in [2.75, 3.05) is 0 Å². The fourth-order valence-corrected chi connectivity index (χ4v) is 1.49. The van der Waals surface area contributed by atoms with Gasteiger partial charge in [0, 0.05) is 18.6 Å². The van der Waals surface area contributed by atoms with Gasteiger partial charge in [-0.1, -0.05) is 6.07 Å². The van der Waals surface area contributed by atoms with Gasteiger partial charge in [-0.15, -0.1) is 0 Å². The van der Waals surface area contributed by atoms with E-state index in [1.54, 1.807) is 24.5 Å². The van der Waals surface area contributed by atoms with Crippen molar-refractivity contribution >= 4 is 0 Å². The van der Waals surface area contributed by atoms with Crippen LogP contribution in [0.25, 0.3) is 0 Å². The van der Waals surface area contributed by atoms with Gasteiger partial charge in [-0.2, -0.15) is 13.2 Å². The van der Waals surface area contributed by atoms with E-state index < -0.39 is 17.8 Å². The van der Waals surface area contributed by atoms with Crippen LogP contribution in [0.2, 0.25) is 0 Å². The van der Waals surface area contributed by atoms with E-state index in [2.05, 4.69) is 9.97 Å². The van der Waals surface area contributed by atoms with Crippen LogP contribution in [0.5, 0.6) is 0 Å². The van der Waals surface area contributed by atoms with E-state index >= 15 is 0 Å². The quantitative estimate of drug-likeness (QED) is 0.894. The van der Waals surface area contributed by atoms with E-state index in [4.69, 9.17) is 5.73 Å². The Morgan fingerprint density at radius 1 is 1.11 bits per heavy atom. The van der Waals surface area contributed by atoms with E-state index in [9.17, 15) is 13.2 Å². The topological polar surface area (TPSA) is 51.8 Å². The number of hydrogen-bond acceptors (Lipinski definition) is 3. The number of hydrogen-bond donors (Lipinski definition) is 1. The van der Waals surface area contributed by atoms with E-state index in [-0.39, 0.29) is 0 Å². The van der Waals surface area contributed by atoms with Crippen LogP contribution in [0.15, 0.2) is 42.9 Å². The van der Waals surface area contributed by atoms with Crippen LogP contribution in [-0.4, -0.2) is 9.97 Å². The van der Waals surface area contributed by atoms with Gasteiger partial charge in [0.15, 0.2) is 0 Å². The third kappa shape index (κ3) is 2.65. The smallest absolute Gasteiger partial charge is 0.319 e. The third-order valence-corrected chi connectivity index (χ3v) is 2.48. The number of rotatable bonds is 2. The van der Waals surface area contributed by atoms with Gasteiger partial charge in [-0.05, 0) is 23.8 Å². The summed E-state index contributed by atoms with van der Waals surface area (Å²) in [6.45, 7) is 0. The minimum absolute atomic E-state index is 0.371. The van der Waals surface area contributed by atoms with Crippen LogP contribution in [0, 0.1) is 0 Å². The molecule has 0 radical (unpaired) electrons. The van der Waals surface area contributed by atoms with Crippen molar-refractivity contribution in [2.45, 2.75) is 12.2 Å². The molecule has 6 heteroatoms. The summed E-state index contributed by atoms with van der Waals surface area (Å²) in [5, 5.41) is 0. The van der Waals surface area contributed by atoms with E-state index in [0.29, 0.717) is 11.3 Å². The predicted molar refractivity (Wildman–Crippen MR) is 59.5 cm³/mol. The first-order valence-corrected chi connectivity index (χ1v) is 5.17. The van der Waals surface area contributed by atoms with Crippen molar-refractivity contribution in [3.8, 4) is 0 Å². The molecule has 0 bridgehead atoms. The van der Waals surface area contributed by atoms with Crippen molar-refractivity contribution < 1.29 is 13.2 Å². The largest absolute Gasteiger partial charge is 0.417 e. The van der Waals surface area contributed by atoms with Crippen LogP contribution in [0.1, 0.15) is 22.9 Å². The number of halogens is 3. The molecule has 1 unspecified atom stereocenters. The highest BCUT2D eigenvalue weighted by molar-refractivity contribution is 5.26. The van der Waals surface area contributed by atoms with Gasteiger partial charge in [0.2, 0.25) is 0 Å². The van der Waals surface area contributed by atoms with E-state index in [0.717, 1.165) is 12.3 Å². The van der Waals surface area contributed by atoms with Crippen LogP contribution in [0.4, 0.5) is 13.2 Å². The summed E-state index contributed by atoms with van der Waals surface area (Å²) in [6, 6.07) is 5.12. The van der Waals surface area contributed by atoms with Crippen LogP contribution < -0.4 is 5.73 Å². The minimum Gasteiger partial charge on any atom is -0.319 e. The second-order valence-electron chi connectivity index (χ2n) is 3.73. The molecule has 2 aromatic rings. The number of alkyl halides is 3. The molecule has 0 spiro atoms. The second kappa shape index (κ2) is 4.73. The first kappa shape index (κ1) is 12.5. The molecule has 0 aliphatic heterocycles. The Balaban J connectivity index is 2.25. The van der Waals surface area contributed by atoms with Gasteiger partial charge in [0.1, 0.15) is 0 Å². The Bertz CT molecular complexity index is 508. The lowest BCUT2D eigenvalue weighted by atomic mass is 10.1. The maximum absolute atomic E-state index is 12.4. The fourth-order valence-electron chi connectivity index (χ4n) is 1.49. The molecule has 1 atom stereocenters. The van der Waals surface area contributed by atoms with Crippen molar-refractivity contribution in [3.05, 3.63) is 59.7 Å². The monoisotopic (exact) mass is 253 g/mol. The summed E-state index contributed by atoms with van der Waals surface area (Å²) in [4.78, 5) is 7.65. The Labute approximate surface area is 101 Å². The summed E-state index contributed by atoms with van der Waals surface area (Å²) in [6.07, 6.45) is -0.449. The van der Waals surface area contributed by atoms with E-state index in [1.807, 2.05) is 0 Å². The molecule has 94 valence electrons. The minimum atomic E-state index is -4.38.